The Bertz CT molecular complexity index is 415. The topological polar surface area (TPSA) is 33.4 Å². The van der Waals surface area contributed by atoms with E-state index in [9.17, 15) is 5.11 Å². The largest absolute Gasteiger partial charge is 0.504 e. The molecular weight excluding hydrogens is 176 g/mol. The smallest absolute Gasteiger partial charge is 0.156 e. The van der Waals surface area contributed by atoms with Crippen molar-refractivity contribution < 1.29 is 9.52 Å². The molecule has 0 fully saturated rings. The van der Waals surface area contributed by atoms with Crippen LogP contribution in [0.1, 0.15) is 16.9 Å². The van der Waals surface area contributed by atoms with E-state index in [0.29, 0.717) is 0 Å². The average Bonchev–Trinajstić information content (AvgIpc) is 2.52. The zero-order valence-corrected chi connectivity index (χ0v) is 8.03. The fourth-order valence-corrected chi connectivity index (χ4v) is 1.40. The average molecular weight is 188 g/mol. The van der Waals surface area contributed by atoms with E-state index in [1.165, 1.54) is 11.8 Å². The van der Waals surface area contributed by atoms with E-state index in [4.69, 9.17) is 4.42 Å². The van der Waals surface area contributed by atoms with Gasteiger partial charge in [-0.2, -0.15) is 0 Å². The lowest BCUT2D eigenvalue weighted by molar-refractivity contribution is 0.452. The van der Waals surface area contributed by atoms with Crippen LogP contribution >= 0.6 is 0 Å². The maximum atomic E-state index is 9.32. The zero-order valence-electron chi connectivity index (χ0n) is 8.03. The number of aromatic hydroxyl groups is 1. The molecule has 2 heteroatoms. The molecule has 0 saturated carbocycles. The number of furan rings is 1. The van der Waals surface area contributed by atoms with Crippen LogP contribution in [-0.4, -0.2) is 5.11 Å². The van der Waals surface area contributed by atoms with Gasteiger partial charge in [-0.3, -0.25) is 0 Å². The lowest BCUT2D eigenvalue weighted by Crippen LogP contribution is -1.87. The van der Waals surface area contributed by atoms with Gasteiger partial charge in [0.1, 0.15) is 12.0 Å². The van der Waals surface area contributed by atoms with Crippen LogP contribution in [-0.2, 0) is 6.42 Å². The molecule has 72 valence electrons. The molecule has 2 rings (SSSR count). The summed E-state index contributed by atoms with van der Waals surface area (Å²) in [5.41, 5.74) is 2.01. The molecule has 0 bridgehead atoms. The third-order valence-corrected chi connectivity index (χ3v) is 2.32. The molecule has 0 aliphatic carbocycles. The summed E-state index contributed by atoms with van der Waals surface area (Å²) >= 11 is 0. The van der Waals surface area contributed by atoms with Crippen LogP contribution in [0, 0.1) is 6.92 Å². The Balaban J connectivity index is 2.23. The number of rotatable bonds is 2. The van der Waals surface area contributed by atoms with Crippen molar-refractivity contribution in [3.8, 4) is 5.75 Å². The maximum Gasteiger partial charge on any atom is 0.156 e. The van der Waals surface area contributed by atoms with Gasteiger partial charge < -0.3 is 9.52 Å². The van der Waals surface area contributed by atoms with Crippen LogP contribution < -0.4 is 0 Å². The van der Waals surface area contributed by atoms with E-state index in [-0.39, 0.29) is 5.75 Å². The molecule has 1 heterocycles. The summed E-state index contributed by atoms with van der Waals surface area (Å²) in [6.07, 6.45) is 2.11. The van der Waals surface area contributed by atoms with Crippen molar-refractivity contribution in [2.75, 3.05) is 0 Å². The molecule has 0 spiro atoms. The summed E-state index contributed by atoms with van der Waals surface area (Å²) in [4.78, 5) is 0. The third kappa shape index (κ3) is 1.64. The van der Waals surface area contributed by atoms with E-state index in [0.717, 1.165) is 17.7 Å². The fraction of sp³-hybridized carbons (Fsp3) is 0.167. The van der Waals surface area contributed by atoms with E-state index in [2.05, 4.69) is 0 Å². The zero-order chi connectivity index (χ0) is 9.97. The van der Waals surface area contributed by atoms with Gasteiger partial charge >= 0.3 is 0 Å². The van der Waals surface area contributed by atoms with Gasteiger partial charge in [-0.15, -0.1) is 0 Å². The van der Waals surface area contributed by atoms with Crippen molar-refractivity contribution in [2.45, 2.75) is 13.3 Å². The van der Waals surface area contributed by atoms with Crippen LogP contribution in [0.25, 0.3) is 0 Å². The Morgan fingerprint density at radius 2 is 1.93 bits per heavy atom. The summed E-state index contributed by atoms with van der Waals surface area (Å²) < 4.78 is 5.25. The molecule has 0 saturated heterocycles. The molecule has 1 N–H and O–H groups in total. The quantitative estimate of drug-likeness (QED) is 0.786. The van der Waals surface area contributed by atoms with Crippen LogP contribution in [0.15, 0.2) is 41.0 Å². The van der Waals surface area contributed by atoms with Crippen LogP contribution in [0.4, 0.5) is 0 Å². The van der Waals surface area contributed by atoms with Crippen molar-refractivity contribution in [3.63, 3.8) is 0 Å². The maximum absolute atomic E-state index is 9.32. The summed E-state index contributed by atoms with van der Waals surface area (Å²) in [6.45, 7) is 1.86. The lowest BCUT2D eigenvalue weighted by Gasteiger charge is -1.98. The summed E-state index contributed by atoms with van der Waals surface area (Å²) in [5.74, 6) is 1.06. The SMILES string of the molecule is Cc1c(O)coc1Cc1ccccc1. The Morgan fingerprint density at radius 3 is 2.50 bits per heavy atom. The van der Waals surface area contributed by atoms with Crippen molar-refractivity contribution in [2.24, 2.45) is 0 Å². The van der Waals surface area contributed by atoms with E-state index in [1.54, 1.807) is 0 Å². The molecule has 1 aromatic heterocycles. The van der Waals surface area contributed by atoms with Crippen LogP contribution in [0.5, 0.6) is 5.75 Å². The van der Waals surface area contributed by atoms with Gasteiger partial charge in [-0.1, -0.05) is 30.3 Å². The van der Waals surface area contributed by atoms with E-state index < -0.39 is 0 Å². The molecule has 2 nitrogen and oxygen atoms in total. The van der Waals surface area contributed by atoms with E-state index in [1.807, 2.05) is 37.3 Å². The second-order valence-electron chi connectivity index (χ2n) is 3.33. The molecule has 14 heavy (non-hydrogen) atoms. The predicted molar refractivity (Wildman–Crippen MR) is 54.4 cm³/mol. The molecule has 0 unspecified atom stereocenters. The highest BCUT2D eigenvalue weighted by Gasteiger charge is 2.08. The molecule has 0 atom stereocenters. The molecule has 2 aromatic rings. The molecule has 0 aliphatic rings. The Hall–Kier alpha value is -1.70. The van der Waals surface area contributed by atoms with Crippen molar-refractivity contribution >= 4 is 0 Å². The van der Waals surface area contributed by atoms with Crippen molar-refractivity contribution in [3.05, 3.63) is 53.5 Å². The van der Waals surface area contributed by atoms with Gasteiger partial charge in [0.25, 0.3) is 0 Å². The highest BCUT2D eigenvalue weighted by Crippen LogP contribution is 2.24. The Labute approximate surface area is 82.8 Å². The monoisotopic (exact) mass is 188 g/mol. The fourth-order valence-electron chi connectivity index (χ4n) is 1.40. The first-order valence-corrected chi connectivity index (χ1v) is 4.57. The van der Waals surface area contributed by atoms with Crippen LogP contribution in [0.2, 0.25) is 0 Å². The molecule has 0 amide bonds. The molecule has 1 aromatic carbocycles. The molecular formula is C12H12O2. The first-order valence-electron chi connectivity index (χ1n) is 4.57. The molecule has 0 aliphatic heterocycles. The number of hydrogen-bond acceptors (Lipinski definition) is 2. The summed E-state index contributed by atoms with van der Waals surface area (Å²) in [6, 6.07) is 10.1. The van der Waals surface area contributed by atoms with Crippen LogP contribution in [0.3, 0.4) is 0 Å². The summed E-state index contributed by atoms with van der Waals surface area (Å²) in [5, 5.41) is 9.32. The van der Waals surface area contributed by atoms with Gasteiger partial charge in [0.05, 0.1) is 0 Å². The summed E-state index contributed by atoms with van der Waals surface area (Å²) in [7, 11) is 0. The van der Waals surface area contributed by atoms with Gasteiger partial charge in [-0.05, 0) is 12.5 Å². The van der Waals surface area contributed by atoms with E-state index >= 15 is 0 Å². The molecule has 0 radical (unpaired) electrons. The van der Waals surface area contributed by atoms with Crippen molar-refractivity contribution in [1.29, 1.82) is 0 Å². The highest BCUT2D eigenvalue weighted by molar-refractivity contribution is 5.34. The predicted octanol–water partition coefficient (Wildman–Crippen LogP) is 2.88. The third-order valence-electron chi connectivity index (χ3n) is 2.32. The normalized spacial score (nSPS) is 10.4. The number of benzene rings is 1. The van der Waals surface area contributed by atoms with Gasteiger partial charge in [-0.25, -0.2) is 0 Å². The minimum absolute atomic E-state index is 0.232. The Morgan fingerprint density at radius 1 is 1.21 bits per heavy atom. The Kier molecular flexibility index (Phi) is 2.27. The van der Waals surface area contributed by atoms with Crippen molar-refractivity contribution in [1.82, 2.24) is 0 Å². The highest BCUT2D eigenvalue weighted by atomic mass is 16.4. The second-order valence-corrected chi connectivity index (χ2v) is 3.33. The minimum atomic E-state index is 0.232. The van der Waals surface area contributed by atoms with Gasteiger partial charge in [0.2, 0.25) is 0 Å². The minimum Gasteiger partial charge on any atom is -0.504 e. The number of hydrogen-bond donors (Lipinski definition) is 1. The lowest BCUT2D eigenvalue weighted by atomic mass is 10.1. The van der Waals surface area contributed by atoms with Gasteiger partial charge in [0.15, 0.2) is 5.75 Å². The van der Waals surface area contributed by atoms with Gasteiger partial charge in [0, 0.05) is 12.0 Å². The standard InChI is InChI=1S/C12H12O2/c1-9-11(13)8-14-12(9)7-10-5-3-2-4-6-10/h2-6,8,13H,7H2,1H3. The second kappa shape index (κ2) is 3.58. The first-order chi connectivity index (χ1) is 6.77. The first kappa shape index (κ1) is 8.88.